The Morgan fingerprint density at radius 1 is 1.24 bits per heavy atom. The van der Waals surface area contributed by atoms with Crippen LogP contribution in [0.4, 0.5) is 5.95 Å². The molecule has 1 spiro atoms. The Kier molecular flexibility index (Phi) is 2.58. The Bertz CT molecular complexity index is 715. The summed E-state index contributed by atoms with van der Waals surface area (Å²) >= 11 is 1.87. The molecular formula is C17H19N3S. The monoisotopic (exact) mass is 297 g/mol. The molecular weight excluding hydrogens is 278 g/mol. The number of hydrogen-bond acceptors (Lipinski definition) is 3. The third-order valence-electron chi connectivity index (χ3n) is 3.90. The Morgan fingerprint density at radius 2 is 2.10 bits per heavy atom. The van der Waals surface area contributed by atoms with E-state index in [-0.39, 0.29) is 10.3 Å². The summed E-state index contributed by atoms with van der Waals surface area (Å²) in [7, 11) is 0. The van der Waals surface area contributed by atoms with E-state index in [0.717, 1.165) is 12.4 Å². The molecule has 0 radical (unpaired) electrons. The average molecular weight is 297 g/mol. The number of thioether (sulfide) groups is 1. The Morgan fingerprint density at radius 3 is 2.90 bits per heavy atom. The van der Waals surface area contributed by atoms with Gasteiger partial charge in [-0.05, 0) is 18.6 Å². The molecule has 0 saturated heterocycles. The van der Waals surface area contributed by atoms with Crippen LogP contribution in [-0.2, 0) is 0 Å². The molecule has 4 heteroatoms. The van der Waals surface area contributed by atoms with Gasteiger partial charge in [0, 0.05) is 10.9 Å². The van der Waals surface area contributed by atoms with E-state index in [1.54, 1.807) is 0 Å². The summed E-state index contributed by atoms with van der Waals surface area (Å²) in [5.74, 6) is 1.01. The largest absolute Gasteiger partial charge is 0.300 e. The maximum Gasteiger partial charge on any atom is 0.216 e. The fourth-order valence-corrected chi connectivity index (χ4v) is 4.18. The number of rotatable bonds is 1. The molecule has 0 amide bonds. The summed E-state index contributed by atoms with van der Waals surface area (Å²) in [6, 6.07) is 0. The summed E-state index contributed by atoms with van der Waals surface area (Å²) in [4.78, 5) is 6.96. The first-order valence-electron chi connectivity index (χ1n) is 7.32. The van der Waals surface area contributed by atoms with Crippen LogP contribution < -0.4 is 4.90 Å². The highest BCUT2D eigenvalue weighted by Gasteiger charge is 2.47. The minimum Gasteiger partial charge on any atom is -0.300 e. The minimum atomic E-state index is -0.177. The van der Waals surface area contributed by atoms with E-state index >= 15 is 0 Å². The van der Waals surface area contributed by atoms with Crippen molar-refractivity contribution in [1.82, 2.24) is 9.55 Å². The van der Waals surface area contributed by atoms with Crippen LogP contribution in [0, 0.1) is 0 Å². The lowest BCUT2D eigenvalue weighted by atomic mass is 9.88. The van der Waals surface area contributed by atoms with Crippen LogP contribution in [0.2, 0.25) is 0 Å². The van der Waals surface area contributed by atoms with Crippen LogP contribution in [0.15, 0.2) is 53.9 Å². The molecule has 1 aromatic rings. The lowest BCUT2D eigenvalue weighted by molar-refractivity contribution is 0.775. The van der Waals surface area contributed by atoms with Crippen LogP contribution in [0.1, 0.15) is 27.2 Å². The average Bonchev–Trinajstić information content (AvgIpc) is 2.93. The molecule has 1 aliphatic carbocycles. The topological polar surface area (TPSA) is 21.1 Å². The zero-order chi connectivity index (χ0) is 14.7. The number of fused-ring (bicyclic) bond motifs is 3. The fraction of sp³-hybridized carbons (Fsp3) is 0.353. The molecule has 0 fully saturated rings. The number of aromatic nitrogens is 2. The highest BCUT2D eigenvalue weighted by molar-refractivity contribution is 8.00. The molecule has 21 heavy (non-hydrogen) atoms. The van der Waals surface area contributed by atoms with Crippen LogP contribution in [-0.4, -0.2) is 19.8 Å². The van der Waals surface area contributed by atoms with E-state index < -0.39 is 0 Å². The van der Waals surface area contributed by atoms with Crippen LogP contribution >= 0.6 is 11.8 Å². The first kappa shape index (κ1) is 13.0. The Balaban J connectivity index is 1.89. The van der Waals surface area contributed by atoms with Crippen LogP contribution in [0.3, 0.4) is 0 Å². The van der Waals surface area contributed by atoms with E-state index in [2.05, 4.69) is 72.9 Å². The highest BCUT2D eigenvalue weighted by Crippen LogP contribution is 2.50. The van der Waals surface area contributed by atoms with Gasteiger partial charge in [0.15, 0.2) is 0 Å². The van der Waals surface area contributed by atoms with E-state index in [1.807, 2.05) is 18.0 Å². The molecule has 3 aliphatic rings. The van der Waals surface area contributed by atoms with Gasteiger partial charge in [-0.1, -0.05) is 45.1 Å². The quantitative estimate of drug-likeness (QED) is 0.572. The SMILES string of the molecule is CC(C)(C)Sc1cnc2n1C1=CCC=CC13C=CC=CN23. The van der Waals surface area contributed by atoms with Crippen molar-refractivity contribution in [3.8, 4) is 0 Å². The lowest BCUT2D eigenvalue weighted by Crippen LogP contribution is -2.41. The zero-order valence-corrected chi connectivity index (χ0v) is 13.4. The zero-order valence-electron chi connectivity index (χ0n) is 12.6. The molecule has 4 rings (SSSR count). The van der Waals surface area contributed by atoms with E-state index in [4.69, 9.17) is 4.98 Å². The van der Waals surface area contributed by atoms with Gasteiger partial charge >= 0.3 is 0 Å². The molecule has 3 heterocycles. The summed E-state index contributed by atoms with van der Waals surface area (Å²) in [6.45, 7) is 6.72. The van der Waals surface area contributed by atoms with Crippen molar-refractivity contribution in [3.63, 3.8) is 0 Å². The second-order valence-corrected chi connectivity index (χ2v) is 8.42. The highest BCUT2D eigenvalue weighted by atomic mass is 32.2. The molecule has 3 nitrogen and oxygen atoms in total. The van der Waals surface area contributed by atoms with Gasteiger partial charge in [-0.2, -0.15) is 0 Å². The van der Waals surface area contributed by atoms with Crippen LogP contribution in [0.5, 0.6) is 0 Å². The third kappa shape index (κ3) is 1.78. The third-order valence-corrected chi connectivity index (χ3v) is 5.01. The molecule has 2 aliphatic heterocycles. The maximum absolute atomic E-state index is 4.69. The van der Waals surface area contributed by atoms with Gasteiger partial charge in [-0.25, -0.2) is 4.98 Å². The second kappa shape index (κ2) is 4.17. The fourth-order valence-electron chi connectivity index (χ4n) is 3.17. The summed E-state index contributed by atoms with van der Waals surface area (Å²) < 4.78 is 2.49. The van der Waals surface area contributed by atoms with Crippen molar-refractivity contribution in [3.05, 3.63) is 48.9 Å². The first-order valence-corrected chi connectivity index (χ1v) is 8.14. The molecule has 108 valence electrons. The maximum atomic E-state index is 4.69. The smallest absolute Gasteiger partial charge is 0.216 e. The molecule has 0 aromatic carbocycles. The summed E-state index contributed by atoms with van der Waals surface area (Å²) in [6.07, 6.45) is 18.4. The van der Waals surface area contributed by atoms with Gasteiger partial charge in [0.25, 0.3) is 0 Å². The van der Waals surface area contributed by atoms with Crippen molar-refractivity contribution in [2.24, 2.45) is 0 Å². The standard InChI is InChI=1S/C17H19N3S/c1-16(2,3)21-14-12-18-15-19-11-7-6-10-17(19)9-5-4-8-13(17)20(14)15/h5-12H,4H2,1-3H3. The van der Waals surface area contributed by atoms with Gasteiger partial charge in [-0.15, -0.1) is 11.8 Å². The molecule has 0 saturated carbocycles. The second-order valence-electron chi connectivity index (χ2n) is 6.57. The molecule has 1 aromatic heterocycles. The van der Waals surface area contributed by atoms with Crippen molar-refractivity contribution in [2.75, 3.05) is 4.90 Å². The van der Waals surface area contributed by atoms with Crippen molar-refractivity contribution >= 4 is 23.4 Å². The summed E-state index contributed by atoms with van der Waals surface area (Å²) in [5.41, 5.74) is 1.13. The predicted molar refractivity (Wildman–Crippen MR) is 89.4 cm³/mol. The number of allylic oxidation sites excluding steroid dienone is 4. The van der Waals surface area contributed by atoms with Gasteiger partial charge in [0.1, 0.15) is 10.6 Å². The summed E-state index contributed by atoms with van der Waals surface area (Å²) in [5, 5.41) is 1.22. The van der Waals surface area contributed by atoms with E-state index in [1.165, 1.54) is 10.7 Å². The Hall–Kier alpha value is -1.68. The lowest BCUT2D eigenvalue weighted by Gasteiger charge is -2.35. The first-order chi connectivity index (χ1) is 10.0. The normalized spacial score (nSPS) is 25.7. The van der Waals surface area contributed by atoms with E-state index in [0.29, 0.717) is 0 Å². The van der Waals surface area contributed by atoms with Gasteiger partial charge < -0.3 is 0 Å². The Labute approximate surface area is 129 Å². The van der Waals surface area contributed by atoms with Crippen LogP contribution in [0.25, 0.3) is 5.70 Å². The van der Waals surface area contributed by atoms with Crippen molar-refractivity contribution in [1.29, 1.82) is 0 Å². The molecule has 1 atom stereocenters. The van der Waals surface area contributed by atoms with Gasteiger partial charge in [0.2, 0.25) is 5.95 Å². The van der Waals surface area contributed by atoms with E-state index in [9.17, 15) is 0 Å². The number of anilines is 1. The molecule has 1 unspecified atom stereocenters. The van der Waals surface area contributed by atoms with Crippen molar-refractivity contribution in [2.45, 2.75) is 42.5 Å². The predicted octanol–water partition coefficient (Wildman–Crippen LogP) is 4.22. The molecule has 0 bridgehead atoms. The number of hydrogen-bond donors (Lipinski definition) is 0. The minimum absolute atomic E-state index is 0.170. The number of nitrogens with zero attached hydrogens (tertiary/aromatic N) is 3. The van der Waals surface area contributed by atoms with Gasteiger partial charge in [0.05, 0.1) is 11.9 Å². The van der Waals surface area contributed by atoms with Gasteiger partial charge in [-0.3, -0.25) is 9.47 Å². The number of imidazole rings is 1. The van der Waals surface area contributed by atoms with Crippen molar-refractivity contribution < 1.29 is 0 Å². The molecule has 0 N–H and O–H groups in total.